The molecule has 4 heterocycles. The van der Waals surface area contributed by atoms with Gasteiger partial charge >= 0.3 is 195 Å². The van der Waals surface area contributed by atoms with Crippen LogP contribution in [-0.2, 0) is 12.8 Å². The Balaban J connectivity index is 1.20. The van der Waals surface area contributed by atoms with Crippen molar-refractivity contribution in [3.63, 3.8) is 0 Å². The van der Waals surface area contributed by atoms with Gasteiger partial charge in [-0.05, 0) is 0 Å². The van der Waals surface area contributed by atoms with Gasteiger partial charge in [0.2, 0.25) is 0 Å². The van der Waals surface area contributed by atoms with E-state index in [4.69, 9.17) is 0 Å². The maximum atomic E-state index is 3.86. The van der Waals surface area contributed by atoms with E-state index in [1.54, 1.807) is 13.8 Å². The Labute approximate surface area is 220 Å². The molecule has 0 aromatic carbocycles. The summed E-state index contributed by atoms with van der Waals surface area (Å²) in [5.41, 5.74) is 0. The van der Waals surface area contributed by atoms with Gasteiger partial charge in [-0.3, -0.25) is 0 Å². The zero-order chi connectivity index (χ0) is 22.2. The van der Waals surface area contributed by atoms with E-state index in [9.17, 15) is 0 Å². The summed E-state index contributed by atoms with van der Waals surface area (Å²) in [4.78, 5) is 4.56. The standard InChI is InChI=1S/C27H33BrS3Se/c1-2-3-4-5-6-7-8-9-10-11-12-20-13-14-24(30-20)27-19-22(28)26(32-27)18-21-17-25-23(31-21)15-16-29-25/h13-17,19H,2-12,18H2,1H3. The van der Waals surface area contributed by atoms with Crippen LogP contribution in [0.25, 0.3) is 18.7 Å². The quantitative estimate of drug-likeness (QED) is 0.0982. The molecular weight excluding hydrogens is 579 g/mol. The van der Waals surface area contributed by atoms with Crippen molar-refractivity contribution >= 4 is 73.8 Å². The number of aryl methyl sites for hydroxylation is 1. The van der Waals surface area contributed by atoms with Crippen LogP contribution < -0.4 is 0 Å². The molecule has 0 atom stereocenters. The third-order valence-electron chi connectivity index (χ3n) is 5.96. The molecule has 0 aliphatic heterocycles. The fourth-order valence-electron chi connectivity index (χ4n) is 4.14. The van der Waals surface area contributed by atoms with E-state index in [1.165, 1.54) is 94.3 Å². The van der Waals surface area contributed by atoms with Gasteiger partial charge in [-0.15, -0.1) is 0 Å². The Kier molecular flexibility index (Phi) is 10.2. The van der Waals surface area contributed by atoms with Gasteiger partial charge in [-0.1, -0.05) is 26.2 Å². The van der Waals surface area contributed by atoms with Crippen molar-refractivity contribution in [3.05, 3.63) is 54.4 Å². The first-order valence-electron chi connectivity index (χ1n) is 12.1. The number of halogens is 1. The van der Waals surface area contributed by atoms with Crippen molar-refractivity contribution in [1.82, 2.24) is 0 Å². The molecule has 0 nitrogen and oxygen atoms in total. The molecule has 0 fully saturated rings. The number of unbranched alkanes of at least 4 members (excludes halogenated alkanes) is 9. The van der Waals surface area contributed by atoms with Gasteiger partial charge in [0, 0.05) is 0 Å². The summed E-state index contributed by atoms with van der Waals surface area (Å²) >= 11 is 10.1. The summed E-state index contributed by atoms with van der Waals surface area (Å²) in [6.07, 6.45) is 16.5. The molecule has 0 spiro atoms. The van der Waals surface area contributed by atoms with Crippen molar-refractivity contribution in [2.24, 2.45) is 0 Å². The van der Waals surface area contributed by atoms with Crippen LogP contribution in [0.3, 0.4) is 0 Å². The molecule has 0 aliphatic carbocycles. The van der Waals surface area contributed by atoms with E-state index in [-0.39, 0.29) is 0 Å². The van der Waals surface area contributed by atoms with Crippen molar-refractivity contribution in [2.45, 2.75) is 84.0 Å². The van der Waals surface area contributed by atoms with E-state index in [0.717, 1.165) is 6.42 Å². The Hall–Kier alpha value is -0.161. The van der Waals surface area contributed by atoms with Crippen LogP contribution in [-0.4, -0.2) is 14.5 Å². The Bertz CT molecular complexity index is 1060. The molecule has 4 aromatic heterocycles. The maximum absolute atomic E-state index is 3.86. The third kappa shape index (κ3) is 7.17. The predicted molar refractivity (Wildman–Crippen MR) is 152 cm³/mol. The predicted octanol–water partition coefficient (Wildman–Crippen LogP) is 10.6. The van der Waals surface area contributed by atoms with Gasteiger partial charge in [0.1, 0.15) is 0 Å². The summed E-state index contributed by atoms with van der Waals surface area (Å²) in [7, 11) is 0. The number of hydrogen-bond acceptors (Lipinski definition) is 3. The summed E-state index contributed by atoms with van der Waals surface area (Å²) in [5, 5.41) is 2.20. The first kappa shape index (κ1) is 24.9. The number of thiophene rings is 3. The normalized spacial score (nSPS) is 11.7. The first-order chi connectivity index (χ1) is 15.7. The van der Waals surface area contributed by atoms with Gasteiger partial charge in [0.25, 0.3) is 0 Å². The van der Waals surface area contributed by atoms with Crippen LogP contribution in [0.1, 0.15) is 85.3 Å². The number of hydrogen-bond donors (Lipinski definition) is 0. The molecule has 0 saturated heterocycles. The number of fused-ring (bicyclic) bond motifs is 1. The van der Waals surface area contributed by atoms with E-state index in [0.29, 0.717) is 14.5 Å². The molecule has 32 heavy (non-hydrogen) atoms. The van der Waals surface area contributed by atoms with Crippen LogP contribution in [0.15, 0.2) is 40.2 Å². The zero-order valence-corrected chi connectivity index (χ0v) is 24.7. The molecule has 5 heteroatoms. The summed E-state index contributed by atoms with van der Waals surface area (Å²) in [5.74, 6) is 0. The van der Waals surface area contributed by atoms with Gasteiger partial charge < -0.3 is 0 Å². The fraction of sp³-hybridized carbons (Fsp3) is 0.481. The molecule has 4 rings (SSSR count). The first-order valence-corrected chi connectivity index (χ1v) is 17.1. The molecular formula is C27H33BrS3Se. The molecule has 0 unspecified atom stereocenters. The SMILES string of the molecule is CCCCCCCCCCCCc1ccc(-c2cc(Br)c(Cc3cc4sccc4s3)[se]2)s1. The Morgan fingerprint density at radius 2 is 1.53 bits per heavy atom. The van der Waals surface area contributed by atoms with Crippen molar-refractivity contribution in [3.8, 4) is 9.31 Å². The second-order valence-electron chi connectivity index (χ2n) is 8.62. The van der Waals surface area contributed by atoms with Gasteiger partial charge in [0.15, 0.2) is 0 Å². The van der Waals surface area contributed by atoms with Crippen LogP contribution in [0, 0.1) is 0 Å². The molecule has 0 bridgehead atoms. The molecule has 0 saturated carbocycles. The summed E-state index contributed by atoms with van der Waals surface area (Å²) in [6.45, 7) is 2.29. The topological polar surface area (TPSA) is 0 Å². The van der Waals surface area contributed by atoms with Crippen LogP contribution in [0.5, 0.6) is 0 Å². The van der Waals surface area contributed by atoms with Crippen LogP contribution in [0.2, 0.25) is 0 Å². The van der Waals surface area contributed by atoms with Gasteiger partial charge in [0.05, 0.1) is 0 Å². The van der Waals surface area contributed by atoms with Gasteiger partial charge in [-0.25, -0.2) is 0 Å². The minimum absolute atomic E-state index is 0.440. The third-order valence-corrected chi connectivity index (χ3v) is 13.3. The molecule has 172 valence electrons. The van der Waals surface area contributed by atoms with E-state index < -0.39 is 0 Å². The van der Waals surface area contributed by atoms with E-state index >= 15 is 0 Å². The van der Waals surface area contributed by atoms with E-state index in [1.807, 2.05) is 34.0 Å². The van der Waals surface area contributed by atoms with Crippen molar-refractivity contribution in [2.75, 3.05) is 0 Å². The molecule has 0 radical (unpaired) electrons. The summed E-state index contributed by atoms with van der Waals surface area (Å²) in [6, 6.07) is 11.8. The Morgan fingerprint density at radius 3 is 2.28 bits per heavy atom. The summed E-state index contributed by atoms with van der Waals surface area (Å²) < 4.78 is 7.35. The van der Waals surface area contributed by atoms with Gasteiger partial charge in [-0.2, -0.15) is 0 Å². The minimum atomic E-state index is 0.440. The van der Waals surface area contributed by atoms with Crippen LogP contribution >= 0.6 is 49.9 Å². The van der Waals surface area contributed by atoms with Crippen molar-refractivity contribution < 1.29 is 0 Å². The molecule has 4 aromatic rings. The average Bonchev–Trinajstić information content (AvgIpc) is 3.55. The molecule has 0 aliphatic rings. The number of rotatable bonds is 14. The second kappa shape index (κ2) is 13.1. The van der Waals surface area contributed by atoms with Crippen molar-refractivity contribution in [1.29, 1.82) is 0 Å². The average molecular weight is 613 g/mol. The fourth-order valence-corrected chi connectivity index (χ4v) is 11.2. The monoisotopic (exact) mass is 612 g/mol. The molecule has 0 N–H and O–H groups in total. The second-order valence-corrected chi connectivity index (χ2v) is 15.1. The Morgan fingerprint density at radius 1 is 0.781 bits per heavy atom. The van der Waals surface area contributed by atoms with Crippen LogP contribution in [0.4, 0.5) is 0 Å². The van der Waals surface area contributed by atoms with E-state index in [2.05, 4.69) is 58.6 Å². The zero-order valence-electron chi connectivity index (χ0n) is 19.0. The molecule has 0 amide bonds.